The van der Waals surface area contributed by atoms with E-state index in [2.05, 4.69) is 42.8 Å². The lowest BCUT2D eigenvalue weighted by Crippen LogP contribution is -2.01. The number of benzene rings is 1. The molecule has 2 heteroatoms. The van der Waals surface area contributed by atoms with Crippen LogP contribution in [0.4, 0.5) is 0 Å². The van der Waals surface area contributed by atoms with E-state index in [0.717, 1.165) is 19.4 Å². The molecule has 1 aromatic heterocycles. The minimum atomic E-state index is 0.795. The highest BCUT2D eigenvalue weighted by Gasteiger charge is 2.06. The summed E-state index contributed by atoms with van der Waals surface area (Å²) >= 11 is 0. The lowest BCUT2D eigenvalue weighted by atomic mass is 10.1. The van der Waals surface area contributed by atoms with Gasteiger partial charge in [0.25, 0.3) is 0 Å². The summed E-state index contributed by atoms with van der Waals surface area (Å²) in [7, 11) is 2.16. The molecule has 0 spiro atoms. The van der Waals surface area contributed by atoms with E-state index in [1.165, 1.54) is 28.6 Å². The van der Waals surface area contributed by atoms with Crippen molar-refractivity contribution in [2.75, 3.05) is 6.54 Å². The SMILES string of the molecule is Cc1cccc2cc(CCCCN)n(C)c12. The second kappa shape index (κ2) is 4.71. The van der Waals surface area contributed by atoms with Gasteiger partial charge in [-0.2, -0.15) is 0 Å². The summed E-state index contributed by atoms with van der Waals surface area (Å²) in [5.74, 6) is 0. The molecule has 0 saturated carbocycles. The van der Waals surface area contributed by atoms with Crippen molar-refractivity contribution in [1.29, 1.82) is 0 Å². The van der Waals surface area contributed by atoms with Crippen LogP contribution in [0.25, 0.3) is 10.9 Å². The maximum Gasteiger partial charge on any atom is 0.0509 e. The highest BCUT2D eigenvalue weighted by molar-refractivity contribution is 5.84. The molecule has 0 atom stereocenters. The summed E-state index contributed by atoms with van der Waals surface area (Å²) in [5, 5.41) is 1.35. The van der Waals surface area contributed by atoms with E-state index in [9.17, 15) is 0 Å². The van der Waals surface area contributed by atoms with Gasteiger partial charge in [0.1, 0.15) is 0 Å². The molecule has 16 heavy (non-hydrogen) atoms. The third-order valence-electron chi connectivity index (χ3n) is 3.24. The van der Waals surface area contributed by atoms with Crippen molar-refractivity contribution in [2.24, 2.45) is 12.8 Å². The number of para-hydroxylation sites is 1. The van der Waals surface area contributed by atoms with Gasteiger partial charge in [-0.3, -0.25) is 0 Å². The predicted octanol–water partition coefficient (Wildman–Crippen LogP) is 2.77. The van der Waals surface area contributed by atoms with Crippen molar-refractivity contribution in [1.82, 2.24) is 4.57 Å². The Morgan fingerprint density at radius 2 is 2.06 bits per heavy atom. The number of nitrogens with two attached hydrogens (primary N) is 1. The Balaban J connectivity index is 2.33. The van der Waals surface area contributed by atoms with Gasteiger partial charge in [-0.05, 0) is 44.4 Å². The molecule has 0 amide bonds. The first-order valence-corrected chi connectivity index (χ1v) is 5.98. The van der Waals surface area contributed by atoms with Crippen LogP contribution >= 0.6 is 0 Å². The van der Waals surface area contributed by atoms with Crippen molar-refractivity contribution in [2.45, 2.75) is 26.2 Å². The van der Waals surface area contributed by atoms with Crippen molar-refractivity contribution in [3.05, 3.63) is 35.5 Å². The highest BCUT2D eigenvalue weighted by atomic mass is 14.9. The minimum Gasteiger partial charge on any atom is -0.347 e. The number of hydrogen-bond donors (Lipinski definition) is 1. The molecule has 0 aliphatic heterocycles. The first-order valence-electron chi connectivity index (χ1n) is 5.98. The van der Waals surface area contributed by atoms with Crippen LogP contribution in [0.1, 0.15) is 24.1 Å². The van der Waals surface area contributed by atoms with Crippen LogP contribution in [0.3, 0.4) is 0 Å². The van der Waals surface area contributed by atoms with Crippen LogP contribution in [0.15, 0.2) is 24.3 Å². The fraction of sp³-hybridized carbons (Fsp3) is 0.429. The average Bonchev–Trinajstić information content (AvgIpc) is 2.58. The van der Waals surface area contributed by atoms with Crippen LogP contribution in [0, 0.1) is 6.92 Å². The Bertz CT molecular complexity index is 483. The molecule has 0 aliphatic rings. The first-order chi connectivity index (χ1) is 7.74. The summed E-state index contributed by atoms with van der Waals surface area (Å²) in [6.07, 6.45) is 3.42. The van der Waals surface area contributed by atoms with Gasteiger partial charge in [0.05, 0.1) is 5.52 Å². The van der Waals surface area contributed by atoms with Gasteiger partial charge >= 0.3 is 0 Å². The van der Waals surface area contributed by atoms with Crippen molar-refractivity contribution >= 4 is 10.9 Å². The van der Waals surface area contributed by atoms with Gasteiger partial charge in [0.15, 0.2) is 0 Å². The molecule has 0 radical (unpaired) electrons. The zero-order chi connectivity index (χ0) is 11.5. The van der Waals surface area contributed by atoms with Crippen LogP contribution < -0.4 is 5.73 Å². The summed E-state index contributed by atoms with van der Waals surface area (Å²) in [4.78, 5) is 0. The van der Waals surface area contributed by atoms with Crippen LogP contribution in [-0.2, 0) is 13.5 Å². The number of fused-ring (bicyclic) bond motifs is 1. The second-order valence-electron chi connectivity index (χ2n) is 4.45. The van der Waals surface area contributed by atoms with E-state index < -0.39 is 0 Å². The van der Waals surface area contributed by atoms with Crippen molar-refractivity contribution < 1.29 is 0 Å². The molecule has 2 aromatic rings. The molecule has 0 aliphatic carbocycles. The number of rotatable bonds is 4. The Labute approximate surface area is 97.1 Å². The van der Waals surface area contributed by atoms with Gasteiger partial charge in [0.2, 0.25) is 0 Å². The molecule has 2 nitrogen and oxygen atoms in total. The Morgan fingerprint density at radius 3 is 2.75 bits per heavy atom. The second-order valence-corrected chi connectivity index (χ2v) is 4.45. The van der Waals surface area contributed by atoms with Crippen LogP contribution in [-0.4, -0.2) is 11.1 Å². The van der Waals surface area contributed by atoms with E-state index in [-0.39, 0.29) is 0 Å². The van der Waals surface area contributed by atoms with Crippen molar-refractivity contribution in [3.8, 4) is 0 Å². The minimum absolute atomic E-state index is 0.795. The largest absolute Gasteiger partial charge is 0.347 e. The maximum atomic E-state index is 5.52. The fourth-order valence-corrected chi connectivity index (χ4v) is 2.37. The van der Waals surface area contributed by atoms with Gasteiger partial charge in [-0.25, -0.2) is 0 Å². The lowest BCUT2D eigenvalue weighted by Gasteiger charge is -2.05. The molecular formula is C14H20N2. The number of nitrogens with zero attached hydrogens (tertiary/aromatic N) is 1. The number of aromatic nitrogens is 1. The molecule has 2 rings (SSSR count). The molecule has 0 saturated heterocycles. The van der Waals surface area contributed by atoms with E-state index in [1.54, 1.807) is 0 Å². The van der Waals surface area contributed by atoms with Crippen molar-refractivity contribution in [3.63, 3.8) is 0 Å². The summed E-state index contributed by atoms with van der Waals surface area (Å²) in [6, 6.07) is 8.79. The summed E-state index contributed by atoms with van der Waals surface area (Å²) in [5.41, 5.74) is 9.66. The Morgan fingerprint density at radius 1 is 1.25 bits per heavy atom. The Hall–Kier alpha value is -1.28. The van der Waals surface area contributed by atoms with E-state index in [4.69, 9.17) is 5.73 Å². The van der Waals surface area contributed by atoms with E-state index >= 15 is 0 Å². The predicted molar refractivity (Wildman–Crippen MR) is 69.6 cm³/mol. The molecule has 0 fully saturated rings. The first kappa shape index (κ1) is 11.2. The van der Waals surface area contributed by atoms with E-state index in [0.29, 0.717) is 0 Å². The molecular weight excluding hydrogens is 196 g/mol. The summed E-state index contributed by atoms with van der Waals surface area (Å²) < 4.78 is 2.32. The fourth-order valence-electron chi connectivity index (χ4n) is 2.37. The molecule has 86 valence electrons. The standard InChI is InChI=1S/C14H20N2/c1-11-6-5-7-12-10-13(8-3-4-9-15)16(2)14(11)12/h5-7,10H,3-4,8-9,15H2,1-2H3. The monoisotopic (exact) mass is 216 g/mol. The van der Waals surface area contributed by atoms with Crippen LogP contribution in [0.5, 0.6) is 0 Å². The third-order valence-corrected chi connectivity index (χ3v) is 3.24. The summed E-state index contributed by atoms with van der Waals surface area (Å²) in [6.45, 7) is 2.97. The van der Waals surface area contributed by atoms with Gasteiger partial charge in [-0.1, -0.05) is 18.2 Å². The average molecular weight is 216 g/mol. The zero-order valence-corrected chi connectivity index (χ0v) is 10.2. The van der Waals surface area contributed by atoms with Gasteiger partial charge < -0.3 is 10.3 Å². The van der Waals surface area contributed by atoms with Gasteiger partial charge in [0, 0.05) is 18.1 Å². The topological polar surface area (TPSA) is 30.9 Å². The number of hydrogen-bond acceptors (Lipinski definition) is 1. The zero-order valence-electron chi connectivity index (χ0n) is 10.2. The molecule has 0 unspecified atom stereocenters. The molecule has 2 N–H and O–H groups in total. The Kier molecular flexibility index (Phi) is 3.30. The molecule has 1 heterocycles. The quantitative estimate of drug-likeness (QED) is 0.783. The lowest BCUT2D eigenvalue weighted by molar-refractivity contribution is 0.710. The normalized spacial score (nSPS) is 11.2. The van der Waals surface area contributed by atoms with E-state index in [1.807, 2.05) is 0 Å². The van der Waals surface area contributed by atoms with Gasteiger partial charge in [-0.15, -0.1) is 0 Å². The maximum absolute atomic E-state index is 5.52. The smallest absolute Gasteiger partial charge is 0.0509 e. The molecule has 0 bridgehead atoms. The van der Waals surface area contributed by atoms with Crippen LogP contribution in [0.2, 0.25) is 0 Å². The number of aryl methyl sites for hydroxylation is 3. The number of unbranched alkanes of at least 4 members (excludes halogenated alkanes) is 1. The highest BCUT2D eigenvalue weighted by Crippen LogP contribution is 2.22. The third kappa shape index (κ3) is 1.98. The molecule has 1 aromatic carbocycles.